The molecular weight excluding hydrogens is 485 g/mol. The molecule has 0 aliphatic heterocycles. The van der Waals surface area contributed by atoms with Crippen LogP contribution in [0.3, 0.4) is 0 Å². The normalized spacial score (nSPS) is 11.8. The number of halogens is 2. The molecule has 34 heavy (non-hydrogen) atoms. The fourth-order valence-corrected chi connectivity index (χ4v) is 3.29. The Balaban J connectivity index is 2.07. The lowest BCUT2D eigenvalue weighted by Gasteiger charge is -2.20. The van der Waals surface area contributed by atoms with Gasteiger partial charge in [-0.1, -0.05) is 37.0 Å². The van der Waals surface area contributed by atoms with Crippen molar-refractivity contribution >= 4 is 47.2 Å². The smallest absolute Gasteiger partial charge is 0.341 e. The molecular formula is C23H25Cl2N3O6. The molecule has 0 fully saturated rings. The third kappa shape index (κ3) is 7.93. The second-order valence-corrected chi connectivity index (χ2v) is 8.22. The number of benzene rings is 2. The molecule has 0 radical (unpaired) electrons. The SMILES string of the molecule is CCOc1cc(/C=N/NC(=O)C(NC(=O)c2ccc(Cl)cc2Cl)C(C)C)ccc1OCC(=O)O. The van der Waals surface area contributed by atoms with Crippen LogP contribution in [0.2, 0.25) is 10.0 Å². The first-order chi connectivity index (χ1) is 16.1. The number of aliphatic carboxylic acids is 1. The summed E-state index contributed by atoms with van der Waals surface area (Å²) in [7, 11) is 0. The minimum atomic E-state index is -1.11. The number of hydrogen-bond acceptors (Lipinski definition) is 6. The van der Waals surface area contributed by atoms with E-state index in [1.165, 1.54) is 24.4 Å². The Labute approximate surface area is 207 Å². The van der Waals surface area contributed by atoms with E-state index in [4.69, 9.17) is 37.8 Å². The van der Waals surface area contributed by atoms with Gasteiger partial charge in [-0.15, -0.1) is 0 Å². The lowest BCUT2D eigenvalue weighted by Crippen LogP contribution is -2.48. The van der Waals surface area contributed by atoms with Gasteiger partial charge in [-0.2, -0.15) is 5.10 Å². The summed E-state index contributed by atoms with van der Waals surface area (Å²) < 4.78 is 10.7. The van der Waals surface area contributed by atoms with Gasteiger partial charge in [-0.25, -0.2) is 10.2 Å². The number of carbonyl (C=O) groups excluding carboxylic acids is 2. The van der Waals surface area contributed by atoms with E-state index in [2.05, 4.69) is 15.8 Å². The van der Waals surface area contributed by atoms with Crippen molar-refractivity contribution in [2.75, 3.05) is 13.2 Å². The topological polar surface area (TPSA) is 126 Å². The molecule has 3 N–H and O–H groups in total. The highest BCUT2D eigenvalue weighted by Crippen LogP contribution is 2.28. The Bertz CT molecular complexity index is 1070. The van der Waals surface area contributed by atoms with Gasteiger partial charge >= 0.3 is 5.97 Å². The van der Waals surface area contributed by atoms with E-state index < -0.39 is 30.4 Å². The Morgan fingerprint density at radius 3 is 2.44 bits per heavy atom. The molecule has 0 aromatic heterocycles. The minimum Gasteiger partial charge on any atom is -0.490 e. The van der Waals surface area contributed by atoms with Crippen LogP contribution in [-0.4, -0.2) is 48.4 Å². The molecule has 1 unspecified atom stereocenters. The average Bonchev–Trinajstić information content (AvgIpc) is 2.76. The summed E-state index contributed by atoms with van der Waals surface area (Å²) in [5.74, 6) is -1.77. The first kappa shape index (κ1) is 26.9. The third-order valence-corrected chi connectivity index (χ3v) is 4.97. The van der Waals surface area contributed by atoms with Gasteiger partial charge in [0.25, 0.3) is 11.8 Å². The number of carbonyl (C=O) groups is 3. The first-order valence-corrected chi connectivity index (χ1v) is 11.1. The number of rotatable bonds is 11. The van der Waals surface area contributed by atoms with Gasteiger partial charge in [0.2, 0.25) is 0 Å². The minimum absolute atomic E-state index is 0.173. The second-order valence-electron chi connectivity index (χ2n) is 7.38. The maximum absolute atomic E-state index is 12.7. The van der Waals surface area contributed by atoms with Gasteiger partial charge in [-0.3, -0.25) is 9.59 Å². The van der Waals surface area contributed by atoms with Crippen LogP contribution in [-0.2, 0) is 9.59 Å². The quantitative estimate of drug-likeness (QED) is 0.312. The number of ether oxygens (including phenoxy) is 2. The van der Waals surface area contributed by atoms with Crippen molar-refractivity contribution in [1.29, 1.82) is 0 Å². The van der Waals surface area contributed by atoms with E-state index in [0.29, 0.717) is 22.9 Å². The van der Waals surface area contributed by atoms with E-state index in [0.717, 1.165) is 0 Å². The molecule has 9 nitrogen and oxygen atoms in total. The zero-order valence-electron chi connectivity index (χ0n) is 18.8. The summed E-state index contributed by atoms with van der Waals surface area (Å²) in [5.41, 5.74) is 3.18. The summed E-state index contributed by atoms with van der Waals surface area (Å²) in [6.45, 7) is 5.17. The molecule has 0 aliphatic carbocycles. The van der Waals surface area contributed by atoms with Gasteiger partial charge in [0.15, 0.2) is 18.1 Å². The molecule has 2 aromatic rings. The second kappa shape index (κ2) is 12.8. The van der Waals surface area contributed by atoms with E-state index in [1.54, 1.807) is 39.0 Å². The maximum Gasteiger partial charge on any atom is 0.341 e. The Morgan fingerprint density at radius 1 is 1.09 bits per heavy atom. The van der Waals surface area contributed by atoms with E-state index in [1.807, 2.05) is 0 Å². The molecule has 0 heterocycles. The van der Waals surface area contributed by atoms with Crippen LogP contribution < -0.4 is 20.2 Å². The fourth-order valence-electron chi connectivity index (χ4n) is 2.80. The third-order valence-electron chi connectivity index (χ3n) is 4.42. The van der Waals surface area contributed by atoms with Crippen LogP contribution >= 0.6 is 23.2 Å². The van der Waals surface area contributed by atoms with Crippen molar-refractivity contribution in [1.82, 2.24) is 10.7 Å². The molecule has 0 spiro atoms. The Kier molecular flexibility index (Phi) is 10.2. The summed E-state index contributed by atoms with van der Waals surface area (Å²) in [4.78, 5) is 36.0. The van der Waals surface area contributed by atoms with Gasteiger partial charge in [0.05, 0.1) is 23.4 Å². The molecule has 1 atom stereocenters. The first-order valence-electron chi connectivity index (χ1n) is 10.3. The van der Waals surface area contributed by atoms with Gasteiger partial charge in [-0.05, 0) is 54.8 Å². The average molecular weight is 510 g/mol. The molecule has 11 heteroatoms. The van der Waals surface area contributed by atoms with E-state index >= 15 is 0 Å². The molecule has 0 aliphatic rings. The predicted octanol–water partition coefficient (Wildman–Crippen LogP) is 3.76. The highest BCUT2D eigenvalue weighted by Gasteiger charge is 2.25. The predicted molar refractivity (Wildman–Crippen MR) is 129 cm³/mol. The van der Waals surface area contributed by atoms with Crippen LogP contribution in [0.1, 0.15) is 36.7 Å². The Hall–Kier alpha value is -3.30. The van der Waals surface area contributed by atoms with E-state index in [9.17, 15) is 14.4 Å². The largest absolute Gasteiger partial charge is 0.490 e. The van der Waals surface area contributed by atoms with Crippen molar-refractivity contribution < 1.29 is 29.0 Å². The molecule has 0 bridgehead atoms. The maximum atomic E-state index is 12.7. The highest BCUT2D eigenvalue weighted by atomic mass is 35.5. The van der Waals surface area contributed by atoms with Crippen LogP contribution in [0.5, 0.6) is 11.5 Å². The van der Waals surface area contributed by atoms with Crippen LogP contribution in [0.25, 0.3) is 0 Å². The number of carboxylic acids is 1. The van der Waals surface area contributed by atoms with Gasteiger partial charge in [0.1, 0.15) is 6.04 Å². The number of hydrazone groups is 1. The fraction of sp³-hybridized carbons (Fsp3) is 0.304. The molecule has 2 amide bonds. The van der Waals surface area contributed by atoms with E-state index in [-0.39, 0.29) is 22.3 Å². The molecule has 2 aromatic carbocycles. The zero-order valence-corrected chi connectivity index (χ0v) is 20.3. The van der Waals surface area contributed by atoms with Crippen molar-refractivity contribution in [3.8, 4) is 11.5 Å². The molecule has 2 rings (SSSR count). The number of nitrogens with zero attached hydrogens (tertiary/aromatic N) is 1. The van der Waals surface area contributed by atoms with Crippen LogP contribution in [0, 0.1) is 5.92 Å². The number of nitrogens with one attached hydrogen (secondary N) is 2. The van der Waals surface area contributed by atoms with Gasteiger partial charge in [0, 0.05) is 5.02 Å². The van der Waals surface area contributed by atoms with Crippen molar-refractivity contribution in [2.45, 2.75) is 26.8 Å². The number of amides is 2. The molecule has 0 saturated carbocycles. The van der Waals surface area contributed by atoms with Crippen molar-refractivity contribution in [3.63, 3.8) is 0 Å². The van der Waals surface area contributed by atoms with Crippen molar-refractivity contribution in [2.24, 2.45) is 11.0 Å². The summed E-state index contributed by atoms with van der Waals surface area (Å²) in [5, 5.41) is 16.0. The molecule has 182 valence electrons. The lowest BCUT2D eigenvalue weighted by molar-refractivity contribution is -0.139. The number of carboxylic acid groups (broad SMARTS) is 1. The highest BCUT2D eigenvalue weighted by molar-refractivity contribution is 6.36. The van der Waals surface area contributed by atoms with Crippen LogP contribution in [0.15, 0.2) is 41.5 Å². The summed E-state index contributed by atoms with van der Waals surface area (Å²) >= 11 is 11.9. The lowest BCUT2D eigenvalue weighted by atomic mass is 10.0. The van der Waals surface area contributed by atoms with Crippen LogP contribution in [0.4, 0.5) is 0 Å². The molecule has 0 saturated heterocycles. The standard InChI is InChI=1S/C23H25Cl2N3O6/c1-4-33-19-9-14(5-8-18(19)34-12-20(29)30)11-26-28-23(32)21(13(2)3)27-22(31)16-7-6-15(24)10-17(16)25/h5-11,13,21H,4,12H2,1-3H3,(H,27,31)(H,28,32)(H,29,30)/b26-11+. The number of hydrogen-bond donors (Lipinski definition) is 3. The summed E-state index contributed by atoms with van der Waals surface area (Å²) in [6.07, 6.45) is 1.39. The summed E-state index contributed by atoms with van der Waals surface area (Å²) in [6, 6.07) is 8.35. The monoisotopic (exact) mass is 509 g/mol. The van der Waals surface area contributed by atoms with Gasteiger partial charge < -0.3 is 19.9 Å². The van der Waals surface area contributed by atoms with Crippen molar-refractivity contribution in [3.05, 3.63) is 57.6 Å². The Morgan fingerprint density at radius 2 is 1.82 bits per heavy atom. The zero-order chi connectivity index (χ0) is 25.3.